The summed E-state index contributed by atoms with van der Waals surface area (Å²) >= 11 is 0. The van der Waals surface area contributed by atoms with Crippen LogP contribution in [0.3, 0.4) is 0 Å². The molecule has 6 nitrogen and oxygen atoms in total. The number of likely N-dealkylation sites (tertiary alicyclic amines) is 1. The lowest BCUT2D eigenvalue weighted by atomic mass is 9.34. The Morgan fingerprint density at radius 3 is 2.74 bits per heavy atom. The summed E-state index contributed by atoms with van der Waals surface area (Å²) in [4.78, 5) is 18.7. The van der Waals surface area contributed by atoms with Gasteiger partial charge in [-0.15, -0.1) is 0 Å². The van der Waals surface area contributed by atoms with Crippen molar-refractivity contribution in [1.82, 2.24) is 9.80 Å². The van der Waals surface area contributed by atoms with Crippen molar-refractivity contribution in [2.24, 2.45) is 17.3 Å². The maximum Gasteiger partial charge on any atom is 0.228 e. The highest BCUT2D eigenvalue weighted by Gasteiger charge is 2.81. The average molecular weight is 515 g/mol. The van der Waals surface area contributed by atoms with E-state index in [4.69, 9.17) is 4.74 Å². The second-order valence-electron chi connectivity index (χ2n) is 13.2. The number of fused-ring (bicyclic) bond motifs is 2. The van der Waals surface area contributed by atoms with Crippen molar-refractivity contribution in [3.63, 3.8) is 0 Å². The molecule has 2 N–H and O–H groups in total. The SMILES string of the molecule is CN(CCc1ccccc1)C(=O)C1CC23CCC1(O)C1Oc4c(O)ccc5c4C12CCN(CC1CC1)C3C5. The number of piperidine rings is 1. The summed E-state index contributed by atoms with van der Waals surface area (Å²) in [6.45, 7) is 2.78. The van der Waals surface area contributed by atoms with Crippen molar-refractivity contribution < 1.29 is 19.7 Å². The Morgan fingerprint density at radius 2 is 1.95 bits per heavy atom. The zero-order valence-corrected chi connectivity index (χ0v) is 22.2. The van der Waals surface area contributed by atoms with Gasteiger partial charge >= 0.3 is 0 Å². The Balaban J connectivity index is 1.19. The number of aromatic hydroxyl groups is 1. The topological polar surface area (TPSA) is 73.2 Å². The van der Waals surface area contributed by atoms with Gasteiger partial charge in [0.1, 0.15) is 11.7 Å². The van der Waals surface area contributed by atoms with Gasteiger partial charge < -0.3 is 19.8 Å². The van der Waals surface area contributed by atoms with Crippen LogP contribution in [0.2, 0.25) is 0 Å². The van der Waals surface area contributed by atoms with Crippen molar-refractivity contribution in [1.29, 1.82) is 0 Å². The van der Waals surface area contributed by atoms with E-state index >= 15 is 0 Å². The summed E-state index contributed by atoms with van der Waals surface area (Å²) in [5, 5.41) is 23.4. The Labute approximate surface area is 224 Å². The summed E-state index contributed by atoms with van der Waals surface area (Å²) in [7, 11) is 1.89. The molecule has 1 saturated heterocycles. The molecule has 38 heavy (non-hydrogen) atoms. The molecule has 2 heterocycles. The van der Waals surface area contributed by atoms with E-state index in [9.17, 15) is 15.0 Å². The fourth-order valence-electron chi connectivity index (χ4n) is 9.67. The molecule has 4 bridgehead atoms. The molecule has 4 saturated carbocycles. The highest BCUT2D eigenvalue weighted by molar-refractivity contribution is 5.81. The van der Waals surface area contributed by atoms with Crippen LogP contribution in [0.1, 0.15) is 55.2 Å². The molecular formula is C32H38N2O4. The fourth-order valence-corrected chi connectivity index (χ4v) is 9.67. The van der Waals surface area contributed by atoms with E-state index in [2.05, 4.69) is 23.1 Å². The third kappa shape index (κ3) is 2.83. The Hall–Kier alpha value is -2.57. The maximum absolute atomic E-state index is 14.2. The van der Waals surface area contributed by atoms with Crippen LogP contribution in [0.25, 0.3) is 0 Å². The molecule has 7 aliphatic rings. The largest absolute Gasteiger partial charge is 0.504 e. The average Bonchev–Trinajstić information content (AvgIpc) is 3.67. The zero-order valence-electron chi connectivity index (χ0n) is 22.2. The van der Waals surface area contributed by atoms with Gasteiger partial charge in [0, 0.05) is 42.6 Å². The van der Waals surface area contributed by atoms with Crippen LogP contribution in [-0.2, 0) is 23.1 Å². The Morgan fingerprint density at radius 1 is 1.13 bits per heavy atom. The summed E-state index contributed by atoms with van der Waals surface area (Å²) in [6, 6.07) is 14.5. The van der Waals surface area contributed by atoms with Crippen LogP contribution in [0.4, 0.5) is 0 Å². The van der Waals surface area contributed by atoms with Crippen LogP contribution >= 0.6 is 0 Å². The molecule has 2 aromatic rings. The lowest BCUT2D eigenvalue weighted by molar-refractivity contribution is -0.266. The number of ether oxygens (including phenoxy) is 1. The quantitative estimate of drug-likeness (QED) is 0.616. The molecule has 5 fully saturated rings. The molecule has 200 valence electrons. The molecule has 2 aromatic carbocycles. The van der Waals surface area contributed by atoms with E-state index in [1.54, 1.807) is 6.07 Å². The first kappa shape index (κ1) is 23.3. The molecule has 5 aliphatic carbocycles. The molecular weight excluding hydrogens is 476 g/mol. The van der Waals surface area contributed by atoms with Gasteiger partial charge in [-0.2, -0.15) is 0 Å². The van der Waals surface area contributed by atoms with Gasteiger partial charge in [-0.3, -0.25) is 9.69 Å². The molecule has 2 aliphatic heterocycles. The molecule has 6 unspecified atom stereocenters. The predicted molar refractivity (Wildman–Crippen MR) is 143 cm³/mol. The van der Waals surface area contributed by atoms with Crippen molar-refractivity contribution >= 4 is 5.91 Å². The summed E-state index contributed by atoms with van der Waals surface area (Å²) in [5.41, 5.74) is 1.96. The minimum atomic E-state index is -1.23. The normalized spacial score (nSPS) is 38.0. The third-order valence-corrected chi connectivity index (χ3v) is 11.6. The molecule has 0 aromatic heterocycles. The first-order chi connectivity index (χ1) is 18.4. The number of hydrogen-bond acceptors (Lipinski definition) is 5. The lowest BCUT2D eigenvalue weighted by Gasteiger charge is -2.73. The lowest BCUT2D eigenvalue weighted by Crippen LogP contribution is -2.81. The number of amides is 1. The number of rotatable bonds is 6. The van der Waals surface area contributed by atoms with E-state index in [0.717, 1.165) is 50.3 Å². The van der Waals surface area contributed by atoms with Crippen molar-refractivity contribution in [3.05, 3.63) is 59.2 Å². The van der Waals surface area contributed by atoms with Gasteiger partial charge in [-0.25, -0.2) is 0 Å². The first-order valence-electron chi connectivity index (χ1n) is 14.6. The second kappa shape index (κ2) is 7.76. The highest BCUT2D eigenvalue weighted by atomic mass is 16.5. The molecule has 6 heteroatoms. The molecule has 1 amide bonds. The molecule has 2 spiro atoms. The van der Waals surface area contributed by atoms with Crippen molar-refractivity contribution in [2.45, 2.75) is 74.5 Å². The number of nitrogens with zero attached hydrogens (tertiary/aromatic N) is 2. The van der Waals surface area contributed by atoms with Crippen molar-refractivity contribution in [3.8, 4) is 11.5 Å². The van der Waals surface area contributed by atoms with Gasteiger partial charge in [-0.05, 0) is 81.0 Å². The zero-order chi connectivity index (χ0) is 25.9. The van der Waals surface area contributed by atoms with E-state index < -0.39 is 17.6 Å². The minimum absolute atomic E-state index is 0.0405. The predicted octanol–water partition coefficient (Wildman–Crippen LogP) is 3.66. The number of phenolic OH excluding ortho intramolecular Hbond substituents is 1. The Kier molecular flexibility index (Phi) is 4.76. The number of benzene rings is 2. The van der Waals surface area contributed by atoms with Crippen LogP contribution in [0, 0.1) is 17.3 Å². The second-order valence-corrected chi connectivity index (χ2v) is 13.2. The van der Waals surface area contributed by atoms with Gasteiger partial charge in [0.2, 0.25) is 5.91 Å². The number of phenols is 1. The van der Waals surface area contributed by atoms with E-state index in [1.165, 1.54) is 24.0 Å². The van der Waals surface area contributed by atoms with Gasteiger partial charge in [0.25, 0.3) is 0 Å². The first-order valence-corrected chi connectivity index (χ1v) is 14.6. The summed E-state index contributed by atoms with van der Waals surface area (Å²) in [6.07, 6.45) is 7.04. The molecule has 0 radical (unpaired) electrons. The molecule has 9 rings (SSSR count). The Bertz CT molecular complexity index is 1310. The fraction of sp³-hybridized carbons (Fsp3) is 0.594. The van der Waals surface area contributed by atoms with E-state index in [-0.39, 0.29) is 22.5 Å². The van der Waals surface area contributed by atoms with Gasteiger partial charge in [-0.1, -0.05) is 36.4 Å². The number of hydrogen-bond donors (Lipinski definition) is 2. The van der Waals surface area contributed by atoms with Gasteiger partial charge in [0.05, 0.1) is 5.92 Å². The highest BCUT2D eigenvalue weighted by Crippen LogP contribution is 2.76. The minimum Gasteiger partial charge on any atom is -0.504 e. The standard InChI is InChI=1S/C32H38N2O4/c1-33(15-11-20-5-3-2-4-6-20)28(36)23-18-30-12-13-32(23,37)29-31(30)14-16-34(19-21-7-8-21)25(30)17-22-9-10-24(35)27(38-29)26(22)31/h2-6,9-10,21,23,25,29,35,37H,7-8,11-19H2,1H3. The summed E-state index contributed by atoms with van der Waals surface area (Å²) < 4.78 is 6.67. The monoisotopic (exact) mass is 514 g/mol. The number of likely N-dealkylation sites (N-methyl/N-ethyl adjacent to an activating group) is 1. The third-order valence-electron chi connectivity index (χ3n) is 11.6. The van der Waals surface area contributed by atoms with Crippen LogP contribution in [0.15, 0.2) is 42.5 Å². The summed E-state index contributed by atoms with van der Waals surface area (Å²) in [5.74, 6) is 1.11. The van der Waals surface area contributed by atoms with E-state index in [0.29, 0.717) is 31.2 Å². The number of carbonyl (C=O) groups excluding carboxylic acids is 1. The van der Waals surface area contributed by atoms with Crippen LogP contribution in [0.5, 0.6) is 11.5 Å². The van der Waals surface area contributed by atoms with E-state index in [1.807, 2.05) is 30.1 Å². The van der Waals surface area contributed by atoms with Gasteiger partial charge in [0.15, 0.2) is 11.5 Å². The van der Waals surface area contributed by atoms with Crippen LogP contribution < -0.4 is 4.74 Å². The number of aliphatic hydroxyl groups is 1. The smallest absolute Gasteiger partial charge is 0.228 e. The molecule has 6 atom stereocenters. The maximum atomic E-state index is 14.2. The number of carbonyl (C=O) groups is 1. The van der Waals surface area contributed by atoms with Crippen LogP contribution in [-0.4, -0.2) is 70.3 Å². The van der Waals surface area contributed by atoms with Crippen molar-refractivity contribution in [2.75, 3.05) is 26.7 Å².